The molecule has 0 spiro atoms. The average Bonchev–Trinajstić information content (AvgIpc) is 2.62. The summed E-state index contributed by atoms with van der Waals surface area (Å²) >= 11 is 0. The monoisotopic (exact) mass is 355 g/mol. The Labute approximate surface area is 156 Å². The van der Waals surface area contributed by atoms with E-state index in [9.17, 15) is 10.2 Å². The van der Waals surface area contributed by atoms with Crippen molar-refractivity contribution in [2.24, 2.45) is 0 Å². The Kier molecular flexibility index (Phi) is 5.26. The third kappa shape index (κ3) is 4.02. The normalized spacial score (nSPS) is 26.6. The van der Waals surface area contributed by atoms with Gasteiger partial charge in [0.05, 0.1) is 5.60 Å². The van der Waals surface area contributed by atoms with E-state index in [-0.39, 0.29) is 5.75 Å². The molecule has 1 heterocycles. The van der Waals surface area contributed by atoms with Crippen molar-refractivity contribution in [1.82, 2.24) is 4.90 Å². The van der Waals surface area contributed by atoms with E-state index in [1.165, 1.54) is 5.56 Å². The van der Waals surface area contributed by atoms with Crippen molar-refractivity contribution in [3.8, 4) is 11.5 Å². The Morgan fingerprint density at radius 3 is 2.35 bits per heavy atom. The van der Waals surface area contributed by atoms with Crippen LogP contribution in [0.3, 0.4) is 0 Å². The highest BCUT2D eigenvalue weighted by Gasteiger charge is 2.48. The second-order valence-corrected chi connectivity index (χ2v) is 7.63. The number of hydrogen-bond donors (Lipinski definition) is 2. The third-order valence-electron chi connectivity index (χ3n) is 5.56. The topological polar surface area (TPSA) is 52.9 Å². The SMILES string of the molecule is CCC1(Oc2ccc(O)cc2)CC(O)(Cc2ccc(C)cc2)CCN1C. The summed E-state index contributed by atoms with van der Waals surface area (Å²) in [4.78, 5) is 2.20. The first-order valence-corrected chi connectivity index (χ1v) is 9.31. The molecule has 140 valence electrons. The maximum atomic E-state index is 11.4. The Hall–Kier alpha value is -2.04. The van der Waals surface area contributed by atoms with Gasteiger partial charge in [-0.05, 0) is 56.6 Å². The number of aromatic hydroxyl groups is 1. The number of hydrogen-bond acceptors (Lipinski definition) is 4. The number of rotatable bonds is 5. The summed E-state index contributed by atoms with van der Waals surface area (Å²) < 4.78 is 6.37. The van der Waals surface area contributed by atoms with Crippen LogP contribution in [-0.4, -0.2) is 40.0 Å². The van der Waals surface area contributed by atoms with Gasteiger partial charge in [-0.2, -0.15) is 0 Å². The number of likely N-dealkylation sites (tertiary alicyclic amines) is 1. The zero-order chi connectivity index (χ0) is 18.8. The standard InChI is InChI=1S/C22H29NO3/c1-4-22(26-20-11-9-19(24)10-12-20)16-21(25,13-14-23(22)3)15-18-7-5-17(2)6-8-18/h5-12,24-25H,4,13-16H2,1-3H3. The Morgan fingerprint density at radius 1 is 1.08 bits per heavy atom. The number of aryl methyl sites for hydroxylation is 1. The third-order valence-corrected chi connectivity index (χ3v) is 5.56. The van der Waals surface area contributed by atoms with Crippen molar-refractivity contribution >= 4 is 0 Å². The van der Waals surface area contributed by atoms with Gasteiger partial charge in [-0.3, -0.25) is 4.90 Å². The number of phenols is 1. The molecule has 1 fully saturated rings. The van der Waals surface area contributed by atoms with Crippen LogP contribution in [0, 0.1) is 6.92 Å². The number of ether oxygens (including phenoxy) is 1. The van der Waals surface area contributed by atoms with Gasteiger partial charge in [0.2, 0.25) is 0 Å². The fraction of sp³-hybridized carbons (Fsp3) is 0.455. The molecule has 0 bridgehead atoms. The summed E-state index contributed by atoms with van der Waals surface area (Å²) in [6.07, 6.45) is 2.65. The van der Waals surface area contributed by atoms with Crippen LogP contribution >= 0.6 is 0 Å². The highest BCUT2D eigenvalue weighted by atomic mass is 16.5. The summed E-state index contributed by atoms with van der Waals surface area (Å²) in [7, 11) is 2.05. The quantitative estimate of drug-likeness (QED) is 0.854. The maximum Gasteiger partial charge on any atom is 0.165 e. The van der Waals surface area contributed by atoms with Crippen molar-refractivity contribution in [3.63, 3.8) is 0 Å². The molecule has 0 amide bonds. The number of aliphatic hydroxyl groups is 1. The number of phenolic OH excluding ortho intramolecular Hbond substituents is 1. The zero-order valence-corrected chi connectivity index (χ0v) is 15.9. The predicted molar refractivity (Wildman–Crippen MR) is 103 cm³/mol. The van der Waals surface area contributed by atoms with Gasteiger partial charge in [0.25, 0.3) is 0 Å². The van der Waals surface area contributed by atoms with Gasteiger partial charge in [-0.15, -0.1) is 0 Å². The summed E-state index contributed by atoms with van der Waals surface area (Å²) in [5.74, 6) is 0.923. The molecule has 2 aromatic carbocycles. The van der Waals surface area contributed by atoms with E-state index in [4.69, 9.17) is 4.74 Å². The van der Waals surface area contributed by atoms with Crippen molar-refractivity contribution < 1.29 is 14.9 Å². The van der Waals surface area contributed by atoms with Gasteiger partial charge >= 0.3 is 0 Å². The zero-order valence-electron chi connectivity index (χ0n) is 15.9. The molecule has 26 heavy (non-hydrogen) atoms. The van der Waals surface area contributed by atoms with Crippen molar-refractivity contribution in [3.05, 3.63) is 59.7 Å². The van der Waals surface area contributed by atoms with Crippen LogP contribution in [0.25, 0.3) is 0 Å². The molecule has 1 aliphatic rings. The van der Waals surface area contributed by atoms with Gasteiger partial charge in [0.1, 0.15) is 11.5 Å². The molecule has 0 aliphatic carbocycles. The fourth-order valence-corrected chi connectivity index (χ4v) is 3.87. The van der Waals surface area contributed by atoms with Crippen LogP contribution in [0.15, 0.2) is 48.5 Å². The molecule has 3 rings (SSSR count). The van der Waals surface area contributed by atoms with E-state index < -0.39 is 11.3 Å². The van der Waals surface area contributed by atoms with Gasteiger partial charge in [-0.25, -0.2) is 0 Å². The van der Waals surface area contributed by atoms with Crippen LogP contribution < -0.4 is 4.74 Å². The lowest BCUT2D eigenvalue weighted by Gasteiger charge is -2.50. The predicted octanol–water partition coefficient (Wildman–Crippen LogP) is 3.89. The van der Waals surface area contributed by atoms with Crippen molar-refractivity contribution in [2.45, 2.75) is 50.9 Å². The molecule has 4 nitrogen and oxygen atoms in total. The molecular formula is C22H29NO3. The minimum atomic E-state index is -0.797. The molecule has 2 N–H and O–H groups in total. The summed E-state index contributed by atoms with van der Waals surface area (Å²) in [6, 6.07) is 15.2. The average molecular weight is 355 g/mol. The fourth-order valence-electron chi connectivity index (χ4n) is 3.87. The molecule has 1 aliphatic heterocycles. The number of piperidine rings is 1. The largest absolute Gasteiger partial charge is 0.508 e. The minimum absolute atomic E-state index is 0.218. The van der Waals surface area contributed by atoms with Crippen molar-refractivity contribution in [1.29, 1.82) is 0 Å². The Morgan fingerprint density at radius 2 is 1.73 bits per heavy atom. The highest BCUT2D eigenvalue weighted by molar-refractivity contribution is 5.31. The van der Waals surface area contributed by atoms with E-state index in [0.717, 1.165) is 24.9 Å². The summed E-state index contributed by atoms with van der Waals surface area (Å²) in [6.45, 7) is 4.93. The second-order valence-electron chi connectivity index (χ2n) is 7.63. The molecule has 2 unspecified atom stereocenters. The van der Waals surface area contributed by atoms with Crippen molar-refractivity contribution in [2.75, 3.05) is 13.6 Å². The van der Waals surface area contributed by atoms with Gasteiger partial charge in [-0.1, -0.05) is 36.8 Å². The van der Waals surface area contributed by atoms with Crippen LogP contribution in [0.4, 0.5) is 0 Å². The van der Waals surface area contributed by atoms with Crippen LogP contribution in [0.2, 0.25) is 0 Å². The van der Waals surface area contributed by atoms with Crippen LogP contribution in [-0.2, 0) is 6.42 Å². The van der Waals surface area contributed by atoms with E-state index in [0.29, 0.717) is 18.6 Å². The highest BCUT2D eigenvalue weighted by Crippen LogP contribution is 2.39. The molecule has 4 heteroatoms. The smallest absolute Gasteiger partial charge is 0.165 e. The lowest BCUT2D eigenvalue weighted by molar-refractivity contribution is -0.166. The lowest BCUT2D eigenvalue weighted by Crippen LogP contribution is -2.61. The molecule has 0 saturated carbocycles. The Balaban J connectivity index is 1.82. The molecule has 1 saturated heterocycles. The van der Waals surface area contributed by atoms with Gasteiger partial charge in [0.15, 0.2) is 5.72 Å². The van der Waals surface area contributed by atoms with Gasteiger partial charge in [0, 0.05) is 19.4 Å². The molecule has 0 radical (unpaired) electrons. The first-order chi connectivity index (χ1) is 12.3. The molecule has 0 aromatic heterocycles. The minimum Gasteiger partial charge on any atom is -0.508 e. The lowest BCUT2D eigenvalue weighted by atomic mass is 9.79. The second kappa shape index (κ2) is 7.29. The molecule has 2 aromatic rings. The summed E-state index contributed by atoms with van der Waals surface area (Å²) in [5.41, 5.74) is 1.02. The summed E-state index contributed by atoms with van der Waals surface area (Å²) in [5, 5.41) is 20.9. The Bertz CT molecular complexity index is 728. The number of nitrogens with zero attached hydrogens (tertiary/aromatic N) is 1. The van der Waals surface area contributed by atoms with Gasteiger partial charge < -0.3 is 14.9 Å². The van der Waals surface area contributed by atoms with Crippen LogP contribution in [0.1, 0.15) is 37.3 Å². The first kappa shape index (κ1) is 18.7. The first-order valence-electron chi connectivity index (χ1n) is 9.31. The van der Waals surface area contributed by atoms with E-state index >= 15 is 0 Å². The van der Waals surface area contributed by atoms with E-state index in [2.05, 4.69) is 50.1 Å². The van der Waals surface area contributed by atoms with E-state index in [1.807, 2.05) is 0 Å². The molecule has 2 atom stereocenters. The molecular weight excluding hydrogens is 326 g/mol. The maximum absolute atomic E-state index is 11.4. The number of benzene rings is 2. The van der Waals surface area contributed by atoms with Crippen LogP contribution in [0.5, 0.6) is 11.5 Å². The van der Waals surface area contributed by atoms with E-state index in [1.54, 1.807) is 24.3 Å².